The third-order valence-corrected chi connectivity index (χ3v) is 12.8. The van der Waals surface area contributed by atoms with Crippen molar-refractivity contribution in [3.8, 4) is 28.1 Å². The van der Waals surface area contributed by atoms with Crippen LogP contribution < -0.4 is 4.74 Å². The fourth-order valence-corrected chi connectivity index (χ4v) is 6.28. The number of ether oxygens (including phenoxy) is 1. The van der Waals surface area contributed by atoms with Crippen molar-refractivity contribution in [3.63, 3.8) is 0 Å². The summed E-state index contributed by atoms with van der Waals surface area (Å²) in [5.74, 6) is -0.883. The van der Waals surface area contributed by atoms with Gasteiger partial charge in [-0.1, -0.05) is 39.8 Å². The van der Waals surface area contributed by atoms with Crippen LogP contribution in [0.4, 0.5) is 8.78 Å². The molecule has 1 aliphatic heterocycles. The van der Waals surface area contributed by atoms with Crippen LogP contribution in [0.1, 0.15) is 68.1 Å². The first-order valence-electron chi connectivity index (χ1n) is 15.5. The summed E-state index contributed by atoms with van der Waals surface area (Å²) in [7, 11) is -2.35. The molecule has 0 saturated carbocycles. The Morgan fingerprint density at radius 3 is 2.24 bits per heavy atom. The Hall–Kier alpha value is -3.89. The molecule has 1 N–H and O–H groups in total. The van der Waals surface area contributed by atoms with Crippen molar-refractivity contribution in [1.82, 2.24) is 19.7 Å². The predicted molar refractivity (Wildman–Crippen MR) is 175 cm³/mol. The molecule has 1 amide bonds. The van der Waals surface area contributed by atoms with E-state index in [1.54, 1.807) is 29.2 Å². The van der Waals surface area contributed by atoms with E-state index in [0.29, 0.717) is 47.9 Å². The molecule has 10 heteroatoms. The standard InChI is InChI=1S/C35H42F2N4O3Si/c1-23(2)26-20-29(36)28(30(37)21-26)22-44-27-10-8-24(9-11-27)31-32(25-12-15-38-16-13-25)39-41-19-18-40(34(42)33(31)41)17-7-14-35(3,4)45(5,6)43/h8-13,15-16,20-21,23,43H,7,14,17-19,22H2,1-6H3. The molecule has 2 aromatic carbocycles. The first-order valence-corrected chi connectivity index (χ1v) is 18.5. The summed E-state index contributed by atoms with van der Waals surface area (Å²) in [6.45, 7) is 13.4. The summed E-state index contributed by atoms with van der Waals surface area (Å²) in [6, 6.07) is 13.6. The molecule has 0 spiro atoms. The first kappa shape index (κ1) is 32.5. The fourth-order valence-electron chi connectivity index (χ4n) is 5.49. The summed E-state index contributed by atoms with van der Waals surface area (Å²) >= 11 is 0. The topological polar surface area (TPSA) is 80.5 Å². The van der Waals surface area contributed by atoms with E-state index in [2.05, 4.69) is 18.8 Å². The van der Waals surface area contributed by atoms with Crippen LogP contribution in [-0.4, -0.2) is 51.8 Å². The van der Waals surface area contributed by atoms with Crippen molar-refractivity contribution in [2.24, 2.45) is 0 Å². The molecular formula is C35H42F2N4O3Si. The van der Waals surface area contributed by atoms with Crippen LogP contribution in [0.15, 0.2) is 60.9 Å². The van der Waals surface area contributed by atoms with Gasteiger partial charge in [-0.15, -0.1) is 0 Å². The molecule has 238 valence electrons. The highest BCUT2D eigenvalue weighted by Gasteiger charge is 2.38. The second kappa shape index (κ2) is 12.8. The maximum atomic E-state index is 14.7. The SMILES string of the molecule is CC(C)c1cc(F)c(COc2ccc(-c3c(-c4ccncc4)nn4c3C(=O)N(CCCC(C)(C)[Si](C)(C)O)CC4)cc2)c(F)c1. The Morgan fingerprint density at radius 1 is 1.00 bits per heavy atom. The molecule has 0 fully saturated rings. The van der Waals surface area contributed by atoms with E-state index in [1.807, 2.05) is 56.1 Å². The van der Waals surface area contributed by atoms with Crippen molar-refractivity contribution in [3.05, 3.63) is 89.4 Å². The lowest BCUT2D eigenvalue weighted by atomic mass is 9.98. The van der Waals surface area contributed by atoms with Gasteiger partial charge in [0.25, 0.3) is 5.91 Å². The van der Waals surface area contributed by atoms with Crippen LogP contribution in [-0.2, 0) is 13.2 Å². The summed E-state index contributed by atoms with van der Waals surface area (Å²) in [4.78, 5) is 30.7. The Morgan fingerprint density at radius 2 is 1.64 bits per heavy atom. The number of carbonyl (C=O) groups is 1. The van der Waals surface area contributed by atoms with Gasteiger partial charge in [0.05, 0.1) is 12.1 Å². The molecule has 0 atom stereocenters. The van der Waals surface area contributed by atoms with Gasteiger partial charge in [-0.3, -0.25) is 14.5 Å². The second-order valence-corrected chi connectivity index (χ2v) is 17.8. The predicted octanol–water partition coefficient (Wildman–Crippen LogP) is 7.81. The van der Waals surface area contributed by atoms with Crippen LogP contribution >= 0.6 is 0 Å². The lowest BCUT2D eigenvalue weighted by Gasteiger charge is -2.36. The van der Waals surface area contributed by atoms with Crippen LogP contribution in [0.5, 0.6) is 5.75 Å². The molecule has 1 aliphatic rings. The van der Waals surface area contributed by atoms with E-state index in [9.17, 15) is 18.4 Å². The van der Waals surface area contributed by atoms with E-state index < -0.39 is 20.0 Å². The number of fused-ring (bicyclic) bond motifs is 1. The molecule has 0 radical (unpaired) electrons. The number of amides is 1. The first-order chi connectivity index (χ1) is 21.3. The summed E-state index contributed by atoms with van der Waals surface area (Å²) in [5, 5.41) is 4.71. The quantitative estimate of drug-likeness (QED) is 0.171. The number of pyridine rings is 1. The van der Waals surface area contributed by atoms with Crippen molar-refractivity contribution in [2.75, 3.05) is 13.1 Å². The monoisotopic (exact) mass is 632 g/mol. The maximum absolute atomic E-state index is 14.7. The van der Waals surface area contributed by atoms with E-state index in [4.69, 9.17) is 9.84 Å². The van der Waals surface area contributed by atoms with Gasteiger partial charge in [-0.2, -0.15) is 5.10 Å². The Balaban J connectivity index is 1.40. The minimum Gasteiger partial charge on any atom is -0.489 e. The molecule has 0 unspecified atom stereocenters. The number of benzene rings is 2. The van der Waals surface area contributed by atoms with Gasteiger partial charge < -0.3 is 14.4 Å². The van der Waals surface area contributed by atoms with Gasteiger partial charge in [0.2, 0.25) is 0 Å². The molecule has 0 saturated heterocycles. The Bertz CT molecular complexity index is 1640. The molecular weight excluding hydrogens is 590 g/mol. The van der Waals surface area contributed by atoms with E-state index in [1.165, 1.54) is 12.1 Å². The zero-order chi connectivity index (χ0) is 32.5. The number of carbonyl (C=O) groups excluding carboxylic acids is 1. The highest BCUT2D eigenvalue weighted by molar-refractivity contribution is 6.72. The number of hydrogen-bond acceptors (Lipinski definition) is 5. The van der Waals surface area contributed by atoms with E-state index >= 15 is 0 Å². The van der Waals surface area contributed by atoms with Crippen LogP contribution in [0.3, 0.4) is 0 Å². The third kappa shape index (κ3) is 6.87. The third-order valence-electron chi connectivity index (χ3n) is 9.22. The lowest BCUT2D eigenvalue weighted by Crippen LogP contribution is -2.42. The zero-order valence-electron chi connectivity index (χ0n) is 26.9. The molecule has 2 aromatic heterocycles. The molecule has 4 aromatic rings. The van der Waals surface area contributed by atoms with Crippen molar-refractivity contribution in [1.29, 1.82) is 0 Å². The smallest absolute Gasteiger partial charge is 0.272 e. The van der Waals surface area contributed by atoms with E-state index in [-0.39, 0.29) is 29.0 Å². The average molecular weight is 633 g/mol. The Kier molecular flexibility index (Phi) is 9.28. The van der Waals surface area contributed by atoms with Gasteiger partial charge in [-0.05, 0) is 84.4 Å². The summed E-state index contributed by atoms with van der Waals surface area (Å²) in [6.07, 6.45) is 5.02. The van der Waals surface area contributed by atoms with Crippen LogP contribution in [0.25, 0.3) is 22.4 Å². The number of nitrogens with zero attached hydrogens (tertiary/aromatic N) is 4. The highest BCUT2D eigenvalue weighted by atomic mass is 28.4. The normalized spacial score (nSPS) is 13.8. The van der Waals surface area contributed by atoms with Gasteiger partial charge in [0, 0.05) is 36.6 Å². The van der Waals surface area contributed by atoms with Crippen molar-refractivity contribution < 1.29 is 23.1 Å². The number of rotatable bonds is 11. The molecule has 3 heterocycles. The minimum atomic E-state index is -2.35. The molecule has 7 nitrogen and oxygen atoms in total. The zero-order valence-corrected chi connectivity index (χ0v) is 27.9. The fraction of sp³-hybridized carbons (Fsp3) is 0.400. The number of hydrogen-bond donors (Lipinski definition) is 1. The summed E-state index contributed by atoms with van der Waals surface area (Å²) < 4.78 is 36.9. The minimum absolute atomic E-state index is 0.00872. The highest BCUT2D eigenvalue weighted by Crippen LogP contribution is 2.41. The molecule has 0 bridgehead atoms. The van der Waals surface area contributed by atoms with Crippen LogP contribution in [0, 0.1) is 11.6 Å². The molecule has 5 rings (SSSR count). The lowest BCUT2D eigenvalue weighted by molar-refractivity contribution is 0.0694. The van der Waals surface area contributed by atoms with E-state index in [0.717, 1.165) is 24.0 Å². The Labute approximate surface area is 265 Å². The summed E-state index contributed by atoms with van der Waals surface area (Å²) in [5.41, 5.74) is 4.02. The molecule has 0 aliphatic carbocycles. The van der Waals surface area contributed by atoms with Gasteiger partial charge in [-0.25, -0.2) is 8.78 Å². The van der Waals surface area contributed by atoms with Crippen molar-refractivity contribution in [2.45, 2.75) is 77.7 Å². The van der Waals surface area contributed by atoms with Gasteiger partial charge in [0.1, 0.15) is 35.4 Å². The number of aromatic nitrogens is 3. The number of halogens is 2. The van der Waals surface area contributed by atoms with Gasteiger partial charge >= 0.3 is 0 Å². The second-order valence-electron chi connectivity index (χ2n) is 13.3. The largest absolute Gasteiger partial charge is 0.489 e. The van der Waals surface area contributed by atoms with Crippen molar-refractivity contribution >= 4 is 14.2 Å². The van der Waals surface area contributed by atoms with Gasteiger partial charge in [0.15, 0.2) is 8.32 Å². The molecule has 45 heavy (non-hydrogen) atoms. The maximum Gasteiger partial charge on any atom is 0.272 e. The average Bonchev–Trinajstić information content (AvgIpc) is 3.38. The van der Waals surface area contributed by atoms with Crippen LogP contribution in [0.2, 0.25) is 18.1 Å².